The third kappa shape index (κ3) is 6.56. The molecule has 2 atom stereocenters. The Kier molecular flexibility index (Phi) is 9.97. The van der Waals surface area contributed by atoms with Gasteiger partial charge < -0.3 is 0 Å². The summed E-state index contributed by atoms with van der Waals surface area (Å²) in [6.07, 6.45) is 0. The Morgan fingerprint density at radius 1 is 0.296 bits per heavy atom. The minimum Gasteiger partial charge on any atom is -0.270 e. The van der Waals surface area contributed by atoms with E-state index in [0.717, 1.165) is 78.4 Å². The molecule has 10 aromatic rings. The smallest absolute Gasteiger partial charge is 0.270 e. The first-order valence-electron chi connectivity index (χ1n) is 24.1. The minimum absolute atomic E-state index is 0.323. The first kappa shape index (κ1) is 42.9. The Hall–Kier alpha value is -8.14. The molecule has 13 rings (SSSR count). The average Bonchev–Trinajstić information content (AvgIpc) is 3.96. The van der Waals surface area contributed by atoms with Gasteiger partial charge in [-0.15, -0.1) is 0 Å². The van der Waals surface area contributed by atoms with Gasteiger partial charge in [0.2, 0.25) is 0 Å². The van der Waals surface area contributed by atoms with Crippen molar-refractivity contribution in [2.24, 2.45) is 0 Å². The van der Waals surface area contributed by atoms with Crippen molar-refractivity contribution in [2.75, 3.05) is 18.7 Å². The summed E-state index contributed by atoms with van der Waals surface area (Å²) in [5, 5.41) is 1.52. The van der Waals surface area contributed by atoms with E-state index in [4.69, 9.17) is 0 Å². The van der Waals surface area contributed by atoms with Crippen LogP contribution in [0.3, 0.4) is 0 Å². The maximum absolute atomic E-state index is 16.2. The molecular weight excluding hydrogens is 907 g/mol. The Morgan fingerprint density at radius 3 is 0.887 bits per heavy atom. The molecule has 0 radical (unpaired) electrons. The van der Waals surface area contributed by atoms with Gasteiger partial charge >= 0.3 is 14.9 Å². The van der Waals surface area contributed by atoms with E-state index in [1.165, 1.54) is 22.3 Å². The maximum atomic E-state index is 16.2. The molecule has 0 aromatic heterocycles. The molecule has 0 fully saturated rings. The van der Waals surface area contributed by atoms with Crippen molar-refractivity contribution in [3.63, 3.8) is 0 Å². The highest BCUT2D eigenvalue weighted by Gasteiger charge is 2.51. The second-order valence-corrected chi connectivity index (χ2v) is 23.7. The molecular formula is C63H48N4O2P2. The lowest BCUT2D eigenvalue weighted by Gasteiger charge is -2.33. The largest absolute Gasteiger partial charge is 0.301 e. The van der Waals surface area contributed by atoms with E-state index in [2.05, 4.69) is 130 Å². The lowest BCUT2D eigenvalue weighted by molar-refractivity contribution is 0.581. The molecule has 0 saturated heterocycles. The van der Waals surface area contributed by atoms with Crippen LogP contribution in [-0.2, 0) is 14.5 Å². The lowest BCUT2D eigenvalue weighted by Crippen LogP contribution is -2.26. The molecule has 2 aliphatic heterocycles. The van der Waals surface area contributed by atoms with Gasteiger partial charge in [-0.05, 0) is 154 Å². The molecule has 1 aliphatic carbocycles. The number of para-hydroxylation sites is 4. The van der Waals surface area contributed by atoms with Crippen molar-refractivity contribution in [3.05, 3.63) is 266 Å². The zero-order valence-corrected chi connectivity index (χ0v) is 41.0. The van der Waals surface area contributed by atoms with Crippen LogP contribution in [0.1, 0.15) is 25.0 Å². The third-order valence-corrected chi connectivity index (χ3v) is 20.4. The Labute approximate surface area is 415 Å². The van der Waals surface area contributed by atoms with E-state index < -0.39 is 14.9 Å². The fourth-order valence-corrected chi connectivity index (χ4v) is 17.1. The highest BCUT2D eigenvalue weighted by atomic mass is 31.2. The molecule has 6 nitrogen and oxygen atoms in total. The van der Waals surface area contributed by atoms with Crippen LogP contribution in [0.25, 0.3) is 33.4 Å². The first-order valence-corrected chi connectivity index (χ1v) is 27.3. The fourth-order valence-electron chi connectivity index (χ4n) is 11.1. The Bertz CT molecular complexity index is 3510. The van der Waals surface area contributed by atoms with Crippen LogP contribution in [0.2, 0.25) is 0 Å². The third-order valence-electron chi connectivity index (χ3n) is 14.5. The van der Waals surface area contributed by atoms with Crippen LogP contribution in [0.4, 0.5) is 45.5 Å². The van der Waals surface area contributed by atoms with Gasteiger partial charge in [-0.25, -0.2) is 0 Å². The van der Waals surface area contributed by atoms with Crippen LogP contribution in [0, 0.1) is 0 Å². The SMILES string of the molecule is CC1(C)c2cc(-c3ccc4c(c3)N(c3ccccc3)P(=O)(c3ccccc3)N4c3ccccc3)ccc2-c2ccc(-c3ccc4c(c3)N(c3ccccc3)P(=O)(c3ccccc3)N4c3ccccc3)cc21. The molecule has 3 aliphatic rings. The molecule has 0 amide bonds. The summed E-state index contributed by atoms with van der Waals surface area (Å²) in [7, 11) is -7.00. The van der Waals surface area contributed by atoms with Gasteiger partial charge in [-0.3, -0.25) is 27.8 Å². The van der Waals surface area contributed by atoms with Crippen molar-refractivity contribution in [1.29, 1.82) is 0 Å². The lowest BCUT2D eigenvalue weighted by atomic mass is 9.81. The van der Waals surface area contributed by atoms with Crippen molar-refractivity contribution in [3.8, 4) is 33.4 Å². The van der Waals surface area contributed by atoms with Crippen molar-refractivity contribution in [1.82, 2.24) is 0 Å². The Balaban J connectivity index is 0.902. The van der Waals surface area contributed by atoms with E-state index >= 15 is 9.13 Å². The summed E-state index contributed by atoms with van der Waals surface area (Å²) in [5.41, 5.74) is 16.0. The van der Waals surface area contributed by atoms with Gasteiger partial charge in [0.15, 0.2) is 0 Å². The molecule has 8 heteroatoms. The van der Waals surface area contributed by atoms with Gasteiger partial charge in [0.05, 0.1) is 33.4 Å². The summed E-state index contributed by atoms with van der Waals surface area (Å²) < 4.78 is 40.7. The predicted octanol–water partition coefficient (Wildman–Crippen LogP) is 16.9. The normalized spacial score (nSPS) is 18.2. The highest BCUT2D eigenvalue weighted by Crippen LogP contribution is 2.72. The summed E-state index contributed by atoms with van der Waals surface area (Å²) in [6, 6.07) is 87.0. The number of nitrogens with zero attached hydrogens (tertiary/aromatic N) is 4. The quantitative estimate of drug-likeness (QED) is 0.141. The molecule has 10 aromatic carbocycles. The maximum Gasteiger partial charge on any atom is 0.301 e. The van der Waals surface area contributed by atoms with E-state index in [1.54, 1.807) is 0 Å². The van der Waals surface area contributed by atoms with Gasteiger partial charge in [0.1, 0.15) is 0 Å². The predicted molar refractivity (Wildman–Crippen MR) is 297 cm³/mol. The number of hydrogen-bond donors (Lipinski definition) is 0. The van der Waals surface area contributed by atoms with Crippen LogP contribution in [0.5, 0.6) is 0 Å². The average molecular weight is 955 g/mol. The summed E-state index contributed by atoms with van der Waals surface area (Å²) in [5.74, 6) is 0. The molecule has 2 heterocycles. The molecule has 71 heavy (non-hydrogen) atoms. The highest BCUT2D eigenvalue weighted by molar-refractivity contribution is 7.76. The van der Waals surface area contributed by atoms with Gasteiger partial charge in [0.25, 0.3) is 0 Å². The summed E-state index contributed by atoms with van der Waals surface area (Å²) >= 11 is 0. The summed E-state index contributed by atoms with van der Waals surface area (Å²) in [4.78, 5) is 0. The second kappa shape index (κ2) is 16.5. The zero-order valence-electron chi connectivity index (χ0n) is 39.2. The molecule has 0 spiro atoms. The number of hydrogen-bond acceptors (Lipinski definition) is 2. The van der Waals surface area contributed by atoms with E-state index in [1.807, 2.05) is 158 Å². The second-order valence-electron chi connectivity index (χ2n) is 18.9. The van der Waals surface area contributed by atoms with Gasteiger partial charge in [-0.2, -0.15) is 0 Å². The van der Waals surface area contributed by atoms with Crippen LogP contribution in [0.15, 0.2) is 255 Å². The standard InChI is InChI=1S/C63H48N4O2P2/c1-63(2)57-41-45(47-35-39-59-61(43-47)66(51-25-13-5-14-26-51)70(68,53-29-17-7-18-30-53)64(59)49-21-9-3-10-22-49)33-37-55(57)56-38-34-46(42-58(56)63)48-36-40-60-62(44-48)67(52-27-15-6-16-28-52)71(69,54-31-19-8-20-32-54)65(60)50-23-11-4-12-24-50/h3-44H,1-2H3. The number of fused-ring (bicyclic) bond motifs is 5. The van der Waals surface area contributed by atoms with Crippen molar-refractivity contribution < 1.29 is 9.13 Å². The Morgan fingerprint density at radius 2 is 0.563 bits per heavy atom. The first-order chi connectivity index (χ1) is 34.7. The minimum atomic E-state index is -3.50. The van der Waals surface area contributed by atoms with Crippen molar-refractivity contribution in [2.45, 2.75) is 19.3 Å². The van der Waals surface area contributed by atoms with E-state index in [-0.39, 0.29) is 5.41 Å². The zero-order chi connectivity index (χ0) is 47.9. The number of benzene rings is 10. The molecule has 0 bridgehead atoms. The number of rotatable bonds is 8. The van der Waals surface area contributed by atoms with Crippen LogP contribution < -0.4 is 29.3 Å². The molecule has 0 N–H and O–H groups in total. The van der Waals surface area contributed by atoms with Crippen molar-refractivity contribution >= 4 is 71.0 Å². The van der Waals surface area contributed by atoms with Gasteiger partial charge in [0, 0.05) is 28.2 Å². The monoisotopic (exact) mass is 954 g/mol. The summed E-state index contributed by atoms with van der Waals surface area (Å²) in [6.45, 7) is 4.65. The van der Waals surface area contributed by atoms with Crippen LogP contribution in [-0.4, -0.2) is 0 Å². The molecule has 2 unspecified atom stereocenters. The molecule has 342 valence electrons. The van der Waals surface area contributed by atoms with Gasteiger partial charge in [-0.1, -0.05) is 159 Å². The number of anilines is 8. The van der Waals surface area contributed by atoms with E-state index in [9.17, 15) is 0 Å². The van der Waals surface area contributed by atoms with Crippen LogP contribution >= 0.6 is 14.9 Å². The van der Waals surface area contributed by atoms with E-state index in [0.29, 0.717) is 0 Å². The molecule has 0 saturated carbocycles. The fraction of sp³-hybridized carbons (Fsp3) is 0.0476. The topological polar surface area (TPSA) is 47.1 Å².